The van der Waals surface area contributed by atoms with Gasteiger partial charge in [0.05, 0.1) is 14.2 Å². The zero-order chi connectivity index (χ0) is 14.3. The highest BCUT2D eigenvalue weighted by Crippen LogP contribution is 2.40. The number of rotatable bonds is 8. The summed E-state index contributed by atoms with van der Waals surface area (Å²) in [6.07, 6.45) is 2.21. The van der Waals surface area contributed by atoms with Crippen molar-refractivity contribution in [1.82, 2.24) is 5.32 Å². The number of hydrogen-bond acceptors (Lipinski definition) is 3. The van der Waals surface area contributed by atoms with Gasteiger partial charge in [-0.05, 0) is 43.5 Å². The molecule has 0 fully saturated rings. The molecule has 1 N–H and O–H groups in total. The molecule has 0 saturated carbocycles. The first-order chi connectivity index (χ1) is 9.06. The fraction of sp³-hybridized carbons (Fsp3) is 0.625. The smallest absolute Gasteiger partial charge is 0.126 e. The maximum atomic E-state index is 5.50. The lowest BCUT2D eigenvalue weighted by Crippen LogP contribution is -2.26. The fourth-order valence-electron chi connectivity index (χ4n) is 2.35. The molecule has 0 spiro atoms. The van der Waals surface area contributed by atoms with E-state index in [1.165, 1.54) is 6.42 Å². The van der Waals surface area contributed by atoms with E-state index in [2.05, 4.69) is 26.1 Å². The van der Waals surface area contributed by atoms with Crippen LogP contribution in [0.2, 0.25) is 0 Å². The molecular weight excluding hydrogens is 238 g/mol. The molecule has 0 aliphatic rings. The van der Waals surface area contributed by atoms with Gasteiger partial charge in [0.15, 0.2) is 0 Å². The SMILES string of the molecule is CCCNCCC(C)(C)c1c(OC)cccc1OC. The van der Waals surface area contributed by atoms with Crippen molar-refractivity contribution >= 4 is 0 Å². The Bertz CT molecular complexity index is 366. The average Bonchev–Trinajstić information content (AvgIpc) is 2.42. The van der Waals surface area contributed by atoms with Gasteiger partial charge in [-0.1, -0.05) is 26.8 Å². The molecule has 1 aromatic carbocycles. The molecule has 0 atom stereocenters. The quantitative estimate of drug-likeness (QED) is 0.731. The third kappa shape index (κ3) is 4.13. The standard InChI is InChI=1S/C16H27NO2/c1-6-11-17-12-10-16(2,3)15-13(18-4)8-7-9-14(15)19-5/h7-9,17H,6,10-12H2,1-5H3. The van der Waals surface area contributed by atoms with Crippen molar-refractivity contribution in [3.63, 3.8) is 0 Å². The number of hydrogen-bond donors (Lipinski definition) is 1. The number of ether oxygens (including phenoxy) is 2. The maximum absolute atomic E-state index is 5.50. The van der Waals surface area contributed by atoms with Crippen LogP contribution in [-0.2, 0) is 5.41 Å². The van der Waals surface area contributed by atoms with Gasteiger partial charge in [0, 0.05) is 5.56 Å². The number of methoxy groups -OCH3 is 2. The van der Waals surface area contributed by atoms with Gasteiger partial charge in [0.2, 0.25) is 0 Å². The van der Waals surface area contributed by atoms with Gasteiger partial charge in [0.25, 0.3) is 0 Å². The van der Waals surface area contributed by atoms with E-state index in [1.807, 2.05) is 18.2 Å². The van der Waals surface area contributed by atoms with Crippen molar-refractivity contribution in [2.24, 2.45) is 0 Å². The zero-order valence-electron chi connectivity index (χ0n) is 12.9. The van der Waals surface area contributed by atoms with Crippen molar-refractivity contribution in [2.75, 3.05) is 27.3 Å². The van der Waals surface area contributed by atoms with E-state index in [9.17, 15) is 0 Å². The Labute approximate surface area is 117 Å². The summed E-state index contributed by atoms with van der Waals surface area (Å²) in [5.74, 6) is 1.81. The molecule has 0 radical (unpaired) electrons. The molecule has 3 nitrogen and oxygen atoms in total. The Balaban J connectivity index is 2.91. The molecule has 0 aliphatic carbocycles. The van der Waals surface area contributed by atoms with Crippen molar-refractivity contribution < 1.29 is 9.47 Å². The molecule has 0 unspecified atom stereocenters. The second-order valence-electron chi connectivity index (χ2n) is 5.42. The molecule has 108 valence electrons. The van der Waals surface area contributed by atoms with Crippen LogP contribution in [0.1, 0.15) is 39.2 Å². The molecule has 0 heterocycles. The molecule has 0 bridgehead atoms. The van der Waals surface area contributed by atoms with Crippen LogP contribution in [0.5, 0.6) is 11.5 Å². The van der Waals surface area contributed by atoms with Crippen LogP contribution >= 0.6 is 0 Å². The van der Waals surface area contributed by atoms with E-state index >= 15 is 0 Å². The van der Waals surface area contributed by atoms with Gasteiger partial charge in [0.1, 0.15) is 11.5 Å². The molecule has 19 heavy (non-hydrogen) atoms. The van der Waals surface area contributed by atoms with Crippen molar-refractivity contribution in [1.29, 1.82) is 0 Å². The monoisotopic (exact) mass is 265 g/mol. The van der Waals surface area contributed by atoms with E-state index in [-0.39, 0.29) is 5.41 Å². The highest BCUT2D eigenvalue weighted by molar-refractivity contribution is 5.49. The average molecular weight is 265 g/mol. The Morgan fingerprint density at radius 2 is 1.63 bits per heavy atom. The Hall–Kier alpha value is -1.22. The minimum atomic E-state index is 0.0126. The normalized spacial score (nSPS) is 11.4. The van der Waals surface area contributed by atoms with Crippen LogP contribution in [-0.4, -0.2) is 27.3 Å². The summed E-state index contributed by atoms with van der Waals surface area (Å²) in [4.78, 5) is 0. The van der Waals surface area contributed by atoms with Crippen LogP contribution in [0.25, 0.3) is 0 Å². The molecule has 3 heteroatoms. The molecular formula is C16H27NO2. The topological polar surface area (TPSA) is 30.5 Å². The Morgan fingerprint density at radius 1 is 1.05 bits per heavy atom. The molecule has 1 rings (SSSR count). The van der Waals surface area contributed by atoms with Crippen LogP contribution in [0.4, 0.5) is 0 Å². The third-order valence-electron chi connectivity index (χ3n) is 3.46. The summed E-state index contributed by atoms with van der Waals surface area (Å²) < 4.78 is 11.0. The van der Waals surface area contributed by atoms with E-state index in [4.69, 9.17) is 9.47 Å². The maximum Gasteiger partial charge on any atom is 0.126 e. The minimum absolute atomic E-state index is 0.0126. The zero-order valence-corrected chi connectivity index (χ0v) is 12.9. The van der Waals surface area contributed by atoms with E-state index in [0.717, 1.165) is 36.6 Å². The largest absolute Gasteiger partial charge is 0.496 e. The van der Waals surface area contributed by atoms with Gasteiger partial charge >= 0.3 is 0 Å². The number of benzene rings is 1. The second-order valence-corrected chi connectivity index (χ2v) is 5.42. The second kappa shape index (κ2) is 7.39. The van der Waals surface area contributed by atoms with E-state index < -0.39 is 0 Å². The summed E-state index contributed by atoms with van der Waals surface area (Å²) in [6.45, 7) is 8.73. The van der Waals surface area contributed by atoms with Gasteiger partial charge in [-0.2, -0.15) is 0 Å². The first-order valence-electron chi connectivity index (χ1n) is 6.99. The summed E-state index contributed by atoms with van der Waals surface area (Å²) in [5.41, 5.74) is 1.16. The molecule has 1 aromatic rings. The Kier molecular flexibility index (Phi) is 6.16. The lowest BCUT2D eigenvalue weighted by atomic mass is 9.80. The highest BCUT2D eigenvalue weighted by atomic mass is 16.5. The van der Waals surface area contributed by atoms with Crippen LogP contribution in [0.15, 0.2) is 18.2 Å². The summed E-state index contributed by atoms with van der Waals surface area (Å²) in [7, 11) is 3.42. The van der Waals surface area contributed by atoms with Crippen molar-refractivity contribution in [2.45, 2.75) is 39.0 Å². The summed E-state index contributed by atoms with van der Waals surface area (Å²) in [6, 6.07) is 5.96. The minimum Gasteiger partial charge on any atom is -0.496 e. The van der Waals surface area contributed by atoms with E-state index in [0.29, 0.717) is 0 Å². The van der Waals surface area contributed by atoms with Gasteiger partial charge in [-0.3, -0.25) is 0 Å². The fourth-order valence-corrected chi connectivity index (χ4v) is 2.35. The van der Waals surface area contributed by atoms with Crippen molar-refractivity contribution in [3.8, 4) is 11.5 Å². The predicted molar refractivity (Wildman–Crippen MR) is 80.3 cm³/mol. The third-order valence-corrected chi connectivity index (χ3v) is 3.46. The molecule has 0 saturated heterocycles. The van der Waals surface area contributed by atoms with Gasteiger partial charge < -0.3 is 14.8 Å². The van der Waals surface area contributed by atoms with E-state index in [1.54, 1.807) is 14.2 Å². The lowest BCUT2D eigenvalue weighted by Gasteiger charge is -2.29. The first-order valence-corrected chi connectivity index (χ1v) is 6.99. The Morgan fingerprint density at radius 3 is 2.11 bits per heavy atom. The van der Waals surface area contributed by atoms with Gasteiger partial charge in [-0.15, -0.1) is 0 Å². The highest BCUT2D eigenvalue weighted by Gasteiger charge is 2.27. The molecule has 0 aliphatic heterocycles. The summed E-state index contributed by atoms with van der Waals surface area (Å²) >= 11 is 0. The summed E-state index contributed by atoms with van der Waals surface area (Å²) in [5, 5.41) is 3.45. The first kappa shape index (κ1) is 15.8. The van der Waals surface area contributed by atoms with Gasteiger partial charge in [-0.25, -0.2) is 0 Å². The molecule has 0 amide bonds. The molecule has 0 aromatic heterocycles. The van der Waals surface area contributed by atoms with Crippen LogP contribution in [0, 0.1) is 0 Å². The predicted octanol–water partition coefficient (Wildman–Crippen LogP) is 3.37. The lowest BCUT2D eigenvalue weighted by molar-refractivity contribution is 0.352. The van der Waals surface area contributed by atoms with Crippen LogP contribution < -0.4 is 14.8 Å². The number of nitrogens with one attached hydrogen (secondary N) is 1. The van der Waals surface area contributed by atoms with Crippen molar-refractivity contribution in [3.05, 3.63) is 23.8 Å². The van der Waals surface area contributed by atoms with Crippen LogP contribution in [0.3, 0.4) is 0 Å².